The average Bonchev–Trinajstić information content (AvgIpc) is 2.81. The van der Waals surface area contributed by atoms with Crippen molar-refractivity contribution >= 4 is 35.6 Å². The van der Waals surface area contributed by atoms with Crippen LogP contribution in [0.4, 0.5) is 5.69 Å². The highest BCUT2D eigenvalue weighted by atomic mass is 127. The largest absolute Gasteiger partial charge is 0.493 e. The molecule has 1 aliphatic rings. The summed E-state index contributed by atoms with van der Waals surface area (Å²) in [6.45, 7) is 11.0. The monoisotopic (exact) mass is 567 g/mol. The van der Waals surface area contributed by atoms with Gasteiger partial charge in [-0.25, -0.2) is 0 Å². The number of benzene rings is 2. The predicted molar refractivity (Wildman–Crippen MR) is 148 cm³/mol. The molecule has 0 spiro atoms. The molecule has 7 nitrogen and oxygen atoms in total. The first-order valence-electron chi connectivity index (χ1n) is 11.3. The lowest BCUT2D eigenvalue weighted by Gasteiger charge is -2.36. The van der Waals surface area contributed by atoms with Crippen molar-refractivity contribution in [1.29, 1.82) is 0 Å². The lowest BCUT2D eigenvalue weighted by Crippen LogP contribution is -2.47. The van der Waals surface area contributed by atoms with Crippen molar-refractivity contribution in [2.75, 3.05) is 64.9 Å². The number of rotatable bonds is 9. The van der Waals surface area contributed by atoms with Crippen LogP contribution in [0.2, 0.25) is 0 Å². The maximum absolute atomic E-state index is 6.05. The van der Waals surface area contributed by atoms with Crippen molar-refractivity contribution in [3.8, 4) is 11.5 Å². The Balaban J connectivity index is 0.00000385. The van der Waals surface area contributed by atoms with E-state index >= 15 is 0 Å². The normalized spacial score (nSPS) is 14.5. The Bertz CT molecular complexity index is 914. The number of anilines is 1. The number of halogens is 1. The molecule has 3 N–H and O–H groups in total. The number of nitrogens with two attached hydrogens (primary N) is 1. The Hall–Kier alpha value is -2.20. The minimum atomic E-state index is 0. The quantitative estimate of drug-likeness (QED) is 0.276. The van der Waals surface area contributed by atoms with Gasteiger partial charge < -0.3 is 25.4 Å². The molecule has 0 aromatic heterocycles. The lowest BCUT2D eigenvalue weighted by molar-refractivity contribution is 0.265. The summed E-state index contributed by atoms with van der Waals surface area (Å²) < 4.78 is 10.6. The summed E-state index contributed by atoms with van der Waals surface area (Å²) in [6, 6.07) is 12.5. The highest BCUT2D eigenvalue weighted by molar-refractivity contribution is 14.0. The molecule has 1 fully saturated rings. The van der Waals surface area contributed by atoms with Gasteiger partial charge in [0.2, 0.25) is 0 Å². The van der Waals surface area contributed by atoms with Crippen molar-refractivity contribution in [1.82, 2.24) is 10.2 Å². The number of nitrogens with one attached hydrogen (secondary N) is 1. The molecule has 182 valence electrons. The molecule has 1 heterocycles. The highest BCUT2D eigenvalue weighted by Gasteiger charge is 2.18. The number of ether oxygens (including phenoxy) is 2. The molecule has 0 radical (unpaired) electrons. The molecule has 0 unspecified atom stereocenters. The van der Waals surface area contributed by atoms with Crippen molar-refractivity contribution < 1.29 is 9.47 Å². The molecule has 0 atom stereocenters. The summed E-state index contributed by atoms with van der Waals surface area (Å²) >= 11 is 0. The van der Waals surface area contributed by atoms with Gasteiger partial charge >= 0.3 is 0 Å². The Morgan fingerprint density at radius 1 is 1.03 bits per heavy atom. The van der Waals surface area contributed by atoms with Crippen LogP contribution in [-0.2, 0) is 6.42 Å². The van der Waals surface area contributed by atoms with Gasteiger partial charge in [0, 0.05) is 45.0 Å². The van der Waals surface area contributed by atoms with E-state index in [0.29, 0.717) is 12.5 Å². The fraction of sp³-hybridized carbons (Fsp3) is 0.480. The Morgan fingerprint density at radius 3 is 2.45 bits per heavy atom. The lowest BCUT2D eigenvalue weighted by atomic mass is 10.1. The third-order valence-electron chi connectivity index (χ3n) is 6.16. The average molecular weight is 568 g/mol. The summed E-state index contributed by atoms with van der Waals surface area (Å²) in [6.07, 6.45) is 0.830. The Labute approximate surface area is 215 Å². The zero-order valence-corrected chi connectivity index (χ0v) is 22.6. The van der Waals surface area contributed by atoms with Gasteiger partial charge in [-0.3, -0.25) is 9.89 Å². The van der Waals surface area contributed by atoms with Crippen LogP contribution in [-0.4, -0.2) is 70.9 Å². The van der Waals surface area contributed by atoms with Crippen LogP contribution in [0.3, 0.4) is 0 Å². The SMILES string of the molecule is COc1ccc(CCNC(N)=NCCN2CCN(c3cccc(C)c3C)CC2)cc1OC.I. The molecule has 1 saturated heterocycles. The molecule has 3 rings (SSSR count). The number of hydrogen-bond donors (Lipinski definition) is 2. The van der Waals surface area contributed by atoms with Gasteiger partial charge in [0.15, 0.2) is 17.5 Å². The molecule has 0 aliphatic carbocycles. The fourth-order valence-electron chi connectivity index (χ4n) is 4.03. The Morgan fingerprint density at radius 2 is 1.76 bits per heavy atom. The maximum Gasteiger partial charge on any atom is 0.188 e. The second kappa shape index (κ2) is 13.5. The van der Waals surface area contributed by atoms with Crippen LogP contribution in [0.25, 0.3) is 0 Å². The van der Waals surface area contributed by atoms with Gasteiger partial charge in [-0.1, -0.05) is 18.2 Å². The third kappa shape index (κ3) is 7.67. The first-order valence-corrected chi connectivity index (χ1v) is 11.3. The van der Waals surface area contributed by atoms with E-state index in [1.54, 1.807) is 14.2 Å². The van der Waals surface area contributed by atoms with E-state index in [-0.39, 0.29) is 24.0 Å². The van der Waals surface area contributed by atoms with E-state index in [0.717, 1.165) is 62.8 Å². The molecule has 1 aliphatic heterocycles. The molecule has 0 amide bonds. The standard InChI is InChI=1S/C25H37N5O2.HI/c1-19-6-5-7-22(20(19)2)30-16-14-29(15-17-30)13-12-28-25(26)27-11-10-21-8-9-23(31-3)24(18-21)32-4;/h5-9,18H,10-17H2,1-4H3,(H3,26,27,28);1H. The predicted octanol–water partition coefficient (Wildman–Crippen LogP) is 3.21. The van der Waals surface area contributed by atoms with E-state index in [1.165, 1.54) is 16.8 Å². The number of piperazine rings is 1. The summed E-state index contributed by atoms with van der Waals surface area (Å²) in [5.41, 5.74) is 11.3. The molecule has 0 bridgehead atoms. The van der Waals surface area contributed by atoms with E-state index < -0.39 is 0 Å². The second-order valence-corrected chi connectivity index (χ2v) is 8.18. The first kappa shape index (κ1) is 27.0. The second-order valence-electron chi connectivity index (χ2n) is 8.18. The zero-order chi connectivity index (χ0) is 22.9. The van der Waals surface area contributed by atoms with Crippen LogP contribution in [0.15, 0.2) is 41.4 Å². The minimum absolute atomic E-state index is 0. The smallest absolute Gasteiger partial charge is 0.188 e. The summed E-state index contributed by atoms with van der Waals surface area (Å²) in [7, 11) is 3.29. The number of methoxy groups -OCH3 is 2. The van der Waals surface area contributed by atoms with E-state index in [9.17, 15) is 0 Å². The van der Waals surface area contributed by atoms with E-state index in [1.807, 2.05) is 18.2 Å². The van der Waals surface area contributed by atoms with E-state index in [4.69, 9.17) is 15.2 Å². The van der Waals surface area contributed by atoms with Gasteiger partial charge in [-0.15, -0.1) is 24.0 Å². The van der Waals surface area contributed by atoms with Crippen LogP contribution >= 0.6 is 24.0 Å². The number of guanidine groups is 1. The number of aliphatic imine (C=N–C) groups is 1. The number of aryl methyl sites for hydroxylation is 1. The van der Waals surface area contributed by atoms with Gasteiger partial charge in [-0.05, 0) is 55.2 Å². The molecule has 0 saturated carbocycles. The van der Waals surface area contributed by atoms with Crippen molar-refractivity contribution in [3.63, 3.8) is 0 Å². The Kier molecular flexibility index (Phi) is 11.1. The summed E-state index contributed by atoms with van der Waals surface area (Å²) in [5.74, 6) is 1.98. The van der Waals surface area contributed by atoms with Gasteiger partial charge in [0.25, 0.3) is 0 Å². The van der Waals surface area contributed by atoms with Gasteiger partial charge in [0.1, 0.15) is 0 Å². The molecule has 33 heavy (non-hydrogen) atoms. The highest BCUT2D eigenvalue weighted by Crippen LogP contribution is 2.27. The molecule has 2 aromatic rings. The maximum atomic E-state index is 6.05. The number of hydrogen-bond acceptors (Lipinski definition) is 5. The van der Waals surface area contributed by atoms with Gasteiger partial charge in [0.05, 0.1) is 20.8 Å². The van der Waals surface area contributed by atoms with Gasteiger partial charge in [-0.2, -0.15) is 0 Å². The molecule has 2 aromatic carbocycles. The van der Waals surface area contributed by atoms with E-state index in [2.05, 4.69) is 52.2 Å². The van der Waals surface area contributed by atoms with Crippen LogP contribution in [0.1, 0.15) is 16.7 Å². The minimum Gasteiger partial charge on any atom is -0.493 e. The summed E-state index contributed by atoms with van der Waals surface area (Å²) in [4.78, 5) is 9.45. The van der Waals surface area contributed by atoms with Crippen LogP contribution in [0.5, 0.6) is 11.5 Å². The topological polar surface area (TPSA) is 75.4 Å². The van der Waals surface area contributed by atoms with Crippen molar-refractivity contribution in [3.05, 3.63) is 53.1 Å². The van der Waals surface area contributed by atoms with Crippen LogP contribution in [0, 0.1) is 13.8 Å². The number of nitrogens with zero attached hydrogens (tertiary/aromatic N) is 3. The molecule has 8 heteroatoms. The van der Waals surface area contributed by atoms with Crippen molar-refractivity contribution in [2.24, 2.45) is 10.7 Å². The summed E-state index contributed by atoms with van der Waals surface area (Å²) in [5, 5.41) is 3.20. The molecular weight excluding hydrogens is 529 g/mol. The molecular formula is C25H38IN5O2. The first-order chi connectivity index (χ1) is 15.5. The third-order valence-corrected chi connectivity index (χ3v) is 6.16. The zero-order valence-electron chi connectivity index (χ0n) is 20.3. The van der Waals surface area contributed by atoms with Crippen molar-refractivity contribution in [2.45, 2.75) is 20.3 Å². The fourth-order valence-corrected chi connectivity index (χ4v) is 4.03. The van der Waals surface area contributed by atoms with Crippen LogP contribution < -0.4 is 25.4 Å².